The van der Waals surface area contributed by atoms with Gasteiger partial charge in [0, 0.05) is 12.1 Å². The molecule has 5 nitrogen and oxygen atoms in total. The van der Waals surface area contributed by atoms with Gasteiger partial charge in [-0.3, -0.25) is 4.79 Å². The third-order valence-corrected chi connectivity index (χ3v) is 3.67. The lowest BCUT2D eigenvalue weighted by molar-refractivity contribution is 0.403. The number of rotatable bonds is 2. The van der Waals surface area contributed by atoms with Crippen LogP contribution in [0.5, 0.6) is 0 Å². The molecule has 1 heterocycles. The average Bonchev–Trinajstić information content (AvgIpc) is 2.28. The molecule has 0 bridgehead atoms. The second-order valence-electron chi connectivity index (χ2n) is 4.09. The fraction of sp³-hybridized carbons (Fsp3) is 0.600. The molecule has 1 aliphatic rings. The number of aromatic amines is 1. The fourth-order valence-corrected chi connectivity index (χ4v) is 2.33. The molecular formula is C10H15BrN4O. The van der Waals surface area contributed by atoms with Gasteiger partial charge in [0.1, 0.15) is 10.3 Å². The SMILES string of the molecule is NC1CCCCC1Nc1nc[nH]c(=O)c1Br. The van der Waals surface area contributed by atoms with Gasteiger partial charge in [0.15, 0.2) is 0 Å². The van der Waals surface area contributed by atoms with Crippen LogP contribution in [0.15, 0.2) is 15.6 Å². The van der Waals surface area contributed by atoms with Crippen molar-refractivity contribution >= 4 is 21.7 Å². The predicted molar refractivity (Wildman–Crippen MR) is 66.4 cm³/mol. The number of hydrogen-bond acceptors (Lipinski definition) is 4. The molecule has 4 N–H and O–H groups in total. The first-order valence-electron chi connectivity index (χ1n) is 5.44. The van der Waals surface area contributed by atoms with Crippen molar-refractivity contribution in [1.82, 2.24) is 9.97 Å². The molecule has 0 spiro atoms. The van der Waals surface area contributed by atoms with E-state index < -0.39 is 0 Å². The number of nitrogens with two attached hydrogens (primary N) is 1. The van der Waals surface area contributed by atoms with E-state index in [-0.39, 0.29) is 17.6 Å². The molecule has 1 aromatic heterocycles. The standard InChI is InChI=1S/C10H15BrN4O/c11-8-9(13-5-14-10(8)16)15-7-4-2-1-3-6(7)12/h5-7H,1-4,12H2,(H2,13,14,15,16). The lowest BCUT2D eigenvalue weighted by atomic mass is 9.91. The van der Waals surface area contributed by atoms with Gasteiger partial charge >= 0.3 is 0 Å². The highest BCUT2D eigenvalue weighted by Crippen LogP contribution is 2.22. The van der Waals surface area contributed by atoms with Crippen molar-refractivity contribution in [2.45, 2.75) is 37.8 Å². The molecule has 0 saturated heterocycles. The molecule has 1 aromatic rings. The molecule has 0 aromatic carbocycles. The van der Waals surface area contributed by atoms with Crippen LogP contribution in [-0.2, 0) is 0 Å². The van der Waals surface area contributed by atoms with Crippen molar-refractivity contribution in [3.63, 3.8) is 0 Å². The Hall–Kier alpha value is -0.880. The average molecular weight is 287 g/mol. The first-order valence-corrected chi connectivity index (χ1v) is 6.23. The Morgan fingerprint density at radius 3 is 3.00 bits per heavy atom. The zero-order valence-corrected chi connectivity index (χ0v) is 10.5. The van der Waals surface area contributed by atoms with Crippen LogP contribution in [0.25, 0.3) is 0 Å². The van der Waals surface area contributed by atoms with E-state index in [4.69, 9.17) is 5.73 Å². The van der Waals surface area contributed by atoms with Crippen LogP contribution in [0.2, 0.25) is 0 Å². The van der Waals surface area contributed by atoms with Crippen LogP contribution < -0.4 is 16.6 Å². The quantitative estimate of drug-likeness (QED) is 0.763. The minimum absolute atomic E-state index is 0.140. The molecule has 1 fully saturated rings. The number of anilines is 1. The van der Waals surface area contributed by atoms with E-state index in [9.17, 15) is 4.79 Å². The first-order chi connectivity index (χ1) is 7.68. The van der Waals surface area contributed by atoms with Gasteiger partial charge < -0.3 is 16.0 Å². The van der Waals surface area contributed by atoms with Crippen molar-refractivity contribution in [3.05, 3.63) is 21.2 Å². The second-order valence-corrected chi connectivity index (χ2v) is 4.89. The summed E-state index contributed by atoms with van der Waals surface area (Å²) in [5.74, 6) is 0.575. The van der Waals surface area contributed by atoms with Crippen LogP contribution in [0.1, 0.15) is 25.7 Å². The smallest absolute Gasteiger partial charge is 0.267 e. The summed E-state index contributed by atoms with van der Waals surface area (Å²) >= 11 is 3.22. The van der Waals surface area contributed by atoms with Crippen LogP contribution in [-0.4, -0.2) is 22.1 Å². The Morgan fingerprint density at radius 1 is 1.50 bits per heavy atom. The van der Waals surface area contributed by atoms with Gasteiger partial charge in [0.05, 0.1) is 6.33 Å². The van der Waals surface area contributed by atoms with Gasteiger partial charge in [0.2, 0.25) is 0 Å². The summed E-state index contributed by atoms with van der Waals surface area (Å²) in [6.45, 7) is 0. The fourth-order valence-electron chi connectivity index (χ4n) is 2.00. The minimum Gasteiger partial charge on any atom is -0.365 e. The van der Waals surface area contributed by atoms with Crippen molar-refractivity contribution in [3.8, 4) is 0 Å². The van der Waals surface area contributed by atoms with Crippen molar-refractivity contribution < 1.29 is 0 Å². The Labute approximate surface area is 102 Å². The molecule has 6 heteroatoms. The van der Waals surface area contributed by atoms with Crippen molar-refractivity contribution in [2.75, 3.05) is 5.32 Å². The molecule has 2 unspecified atom stereocenters. The zero-order chi connectivity index (χ0) is 11.5. The summed E-state index contributed by atoms with van der Waals surface area (Å²) in [5.41, 5.74) is 5.84. The van der Waals surface area contributed by atoms with Crippen molar-refractivity contribution in [1.29, 1.82) is 0 Å². The number of halogens is 1. The van der Waals surface area contributed by atoms with Gasteiger partial charge in [-0.1, -0.05) is 12.8 Å². The third-order valence-electron chi connectivity index (χ3n) is 2.94. The first kappa shape index (κ1) is 11.6. The molecular weight excluding hydrogens is 272 g/mol. The molecule has 16 heavy (non-hydrogen) atoms. The zero-order valence-electron chi connectivity index (χ0n) is 8.87. The third kappa shape index (κ3) is 2.44. The highest BCUT2D eigenvalue weighted by Gasteiger charge is 2.22. The topological polar surface area (TPSA) is 83.8 Å². The Bertz CT molecular complexity index is 420. The maximum Gasteiger partial charge on any atom is 0.267 e. The summed E-state index contributed by atoms with van der Waals surface area (Å²) in [5, 5.41) is 3.24. The van der Waals surface area contributed by atoms with Gasteiger partial charge in [-0.15, -0.1) is 0 Å². The molecule has 2 rings (SSSR count). The van der Waals surface area contributed by atoms with Gasteiger partial charge in [0.25, 0.3) is 5.56 Å². The van der Waals surface area contributed by atoms with E-state index in [1.807, 2.05) is 0 Å². The lowest BCUT2D eigenvalue weighted by Crippen LogP contribution is -2.43. The Kier molecular flexibility index (Phi) is 3.60. The highest BCUT2D eigenvalue weighted by molar-refractivity contribution is 9.10. The van der Waals surface area contributed by atoms with Crippen LogP contribution in [0, 0.1) is 0 Å². The summed E-state index contributed by atoms with van der Waals surface area (Å²) in [6, 6.07) is 0.348. The molecule has 1 aliphatic carbocycles. The van der Waals surface area contributed by atoms with E-state index in [1.54, 1.807) is 0 Å². The minimum atomic E-state index is -0.179. The molecule has 0 radical (unpaired) electrons. The monoisotopic (exact) mass is 286 g/mol. The summed E-state index contributed by atoms with van der Waals surface area (Å²) in [7, 11) is 0. The van der Waals surface area contributed by atoms with Crippen LogP contribution >= 0.6 is 15.9 Å². The normalized spacial score (nSPS) is 25.4. The number of hydrogen-bond donors (Lipinski definition) is 3. The van der Waals surface area contributed by atoms with Gasteiger partial charge in [-0.05, 0) is 28.8 Å². The van der Waals surface area contributed by atoms with Gasteiger partial charge in [-0.25, -0.2) is 4.98 Å². The summed E-state index contributed by atoms with van der Waals surface area (Å²) in [4.78, 5) is 18.0. The molecule has 1 saturated carbocycles. The highest BCUT2D eigenvalue weighted by atomic mass is 79.9. The molecule has 88 valence electrons. The van der Waals surface area contributed by atoms with Gasteiger partial charge in [-0.2, -0.15) is 0 Å². The number of nitrogens with zero attached hydrogens (tertiary/aromatic N) is 1. The second kappa shape index (κ2) is 4.97. The number of aromatic nitrogens is 2. The van der Waals surface area contributed by atoms with E-state index in [2.05, 4.69) is 31.2 Å². The molecule has 0 amide bonds. The largest absolute Gasteiger partial charge is 0.365 e. The van der Waals surface area contributed by atoms with E-state index in [1.165, 1.54) is 19.2 Å². The predicted octanol–water partition coefficient (Wildman–Crippen LogP) is 1.21. The van der Waals surface area contributed by atoms with E-state index in [0.29, 0.717) is 10.3 Å². The molecule has 0 aliphatic heterocycles. The summed E-state index contributed by atoms with van der Waals surface area (Å²) < 4.78 is 0.438. The number of H-pyrrole nitrogens is 1. The van der Waals surface area contributed by atoms with Crippen LogP contribution in [0.4, 0.5) is 5.82 Å². The van der Waals surface area contributed by atoms with Crippen molar-refractivity contribution in [2.24, 2.45) is 5.73 Å². The maximum atomic E-state index is 11.3. The Balaban J connectivity index is 2.14. The summed E-state index contributed by atoms with van der Waals surface area (Å²) in [6.07, 6.45) is 5.81. The van der Waals surface area contributed by atoms with E-state index in [0.717, 1.165) is 12.8 Å². The lowest BCUT2D eigenvalue weighted by Gasteiger charge is -2.29. The number of nitrogens with one attached hydrogen (secondary N) is 2. The van der Waals surface area contributed by atoms with E-state index >= 15 is 0 Å². The Morgan fingerprint density at radius 2 is 2.25 bits per heavy atom. The maximum absolute atomic E-state index is 11.3. The molecule has 2 atom stereocenters. The van der Waals surface area contributed by atoms with Crippen LogP contribution in [0.3, 0.4) is 0 Å².